The largest absolute Gasteiger partial charge is 0.480 e. The molecule has 3 atom stereocenters. The molecule has 0 spiro atoms. The maximum atomic E-state index is 12.8. The highest BCUT2D eigenvalue weighted by atomic mass is 35.5. The van der Waals surface area contributed by atoms with E-state index in [4.69, 9.17) is 11.6 Å². The molecule has 2 aromatic carbocycles. The first-order valence-corrected chi connectivity index (χ1v) is 8.75. The Bertz CT molecular complexity index is 731. The van der Waals surface area contributed by atoms with Gasteiger partial charge in [0.15, 0.2) is 0 Å². The quantitative estimate of drug-likeness (QED) is 0.662. The summed E-state index contributed by atoms with van der Waals surface area (Å²) in [7, 11) is 0. The van der Waals surface area contributed by atoms with Crippen LogP contribution < -0.4 is 5.32 Å². The lowest BCUT2D eigenvalue weighted by Gasteiger charge is -2.22. The third kappa shape index (κ3) is 5.86. The van der Waals surface area contributed by atoms with Crippen LogP contribution in [0.25, 0.3) is 0 Å². The maximum Gasteiger partial charge on any atom is 0.326 e. The molecule has 138 valence electrons. The molecule has 0 aliphatic rings. The molecule has 26 heavy (non-hydrogen) atoms. The van der Waals surface area contributed by atoms with Crippen molar-refractivity contribution in [3.05, 3.63) is 70.7 Å². The van der Waals surface area contributed by atoms with E-state index in [9.17, 15) is 19.8 Å². The number of benzene rings is 2. The third-order valence-electron chi connectivity index (χ3n) is 4.06. The molecule has 3 N–H and O–H groups in total. The molecule has 0 saturated heterocycles. The van der Waals surface area contributed by atoms with Crippen LogP contribution in [0.2, 0.25) is 5.02 Å². The summed E-state index contributed by atoms with van der Waals surface area (Å²) in [5.74, 6) is -2.14. The number of aliphatic hydroxyl groups is 1. The van der Waals surface area contributed by atoms with E-state index in [-0.39, 0.29) is 6.42 Å². The van der Waals surface area contributed by atoms with Crippen molar-refractivity contribution in [2.45, 2.75) is 37.8 Å². The summed E-state index contributed by atoms with van der Waals surface area (Å²) in [6.45, 7) is 1.49. The van der Waals surface area contributed by atoms with Gasteiger partial charge in [-0.15, -0.1) is 0 Å². The zero-order valence-electron chi connectivity index (χ0n) is 14.4. The van der Waals surface area contributed by atoms with Gasteiger partial charge in [0.2, 0.25) is 5.91 Å². The molecular formula is C20H22ClNO4. The van der Waals surface area contributed by atoms with Gasteiger partial charge in [-0.05, 0) is 36.6 Å². The lowest BCUT2D eigenvalue weighted by Crippen LogP contribution is -2.45. The topological polar surface area (TPSA) is 86.6 Å². The van der Waals surface area contributed by atoms with E-state index >= 15 is 0 Å². The number of hydrogen-bond acceptors (Lipinski definition) is 3. The SMILES string of the molecule is CC(O)CC(NC(=O)C(Cc1ccccc1)c1ccc(Cl)cc1)C(=O)O. The van der Waals surface area contributed by atoms with Crippen molar-refractivity contribution in [2.75, 3.05) is 0 Å². The fourth-order valence-corrected chi connectivity index (χ4v) is 2.87. The van der Waals surface area contributed by atoms with Gasteiger partial charge in [-0.3, -0.25) is 4.79 Å². The standard InChI is InChI=1S/C20H22ClNO4/c1-13(23)11-18(20(25)26)22-19(24)17(12-14-5-3-2-4-6-14)15-7-9-16(21)10-8-15/h2-10,13,17-18,23H,11-12H2,1H3,(H,22,24)(H,25,26). The van der Waals surface area contributed by atoms with Crippen LogP contribution in [0.5, 0.6) is 0 Å². The highest BCUT2D eigenvalue weighted by Crippen LogP contribution is 2.23. The number of nitrogens with one attached hydrogen (secondary N) is 1. The van der Waals surface area contributed by atoms with Gasteiger partial charge < -0.3 is 15.5 Å². The number of carboxylic acid groups (broad SMARTS) is 1. The predicted molar refractivity (Wildman–Crippen MR) is 100 cm³/mol. The smallest absolute Gasteiger partial charge is 0.326 e. The van der Waals surface area contributed by atoms with Crippen molar-refractivity contribution in [3.63, 3.8) is 0 Å². The summed E-state index contributed by atoms with van der Waals surface area (Å²) < 4.78 is 0. The Labute approximate surface area is 157 Å². The first kappa shape index (κ1) is 19.9. The van der Waals surface area contributed by atoms with Crippen molar-refractivity contribution in [3.8, 4) is 0 Å². The molecule has 6 heteroatoms. The van der Waals surface area contributed by atoms with E-state index in [1.807, 2.05) is 30.3 Å². The number of aliphatic hydroxyl groups excluding tert-OH is 1. The first-order chi connectivity index (χ1) is 12.4. The number of carbonyl (C=O) groups excluding carboxylic acids is 1. The number of aliphatic carboxylic acids is 1. The van der Waals surface area contributed by atoms with Crippen LogP contribution in [0.15, 0.2) is 54.6 Å². The predicted octanol–water partition coefficient (Wildman–Crippen LogP) is 3.01. The molecule has 0 aliphatic carbocycles. The molecule has 0 aliphatic heterocycles. The molecule has 2 aromatic rings. The van der Waals surface area contributed by atoms with Crippen LogP contribution in [0.1, 0.15) is 30.4 Å². The average Bonchev–Trinajstić information content (AvgIpc) is 2.60. The van der Waals surface area contributed by atoms with Crippen molar-refractivity contribution in [2.24, 2.45) is 0 Å². The van der Waals surface area contributed by atoms with E-state index < -0.39 is 29.9 Å². The first-order valence-electron chi connectivity index (χ1n) is 8.37. The average molecular weight is 376 g/mol. The Morgan fingerprint density at radius 2 is 1.69 bits per heavy atom. The summed E-state index contributed by atoms with van der Waals surface area (Å²) >= 11 is 5.93. The second-order valence-corrected chi connectivity index (χ2v) is 6.71. The summed E-state index contributed by atoms with van der Waals surface area (Å²) in [4.78, 5) is 24.2. The zero-order valence-corrected chi connectivity index (χ0v) is 15.2. The van der Waals surface area contributed by atoms with E-state index in [2.05, 4.69) is 5.32 Å². The van der Waals surface area contributed by atoms with Gasteiger partial charge in [0, 0.05) is 11.4 Å². The van der Waals surface area contributed by atoms with Crippen LogP contribution >= 0.6 is 11.6 Å². The Hall–Kier alpha value is -2.37. The summed E-state index contributed by atoms with van der Waals surface area (Å²) in [6, 6.07) is 15.3. The number of hydrogen-bond donors (Lipinski definition) is 3. The lowest BCUT2D eigenvalue weighted by atomic mass is 9.90. The molecule has 0 aromatic heterocycles. The lowest BCUT2D eigenvalue weighted by molar-refractivity contribution is -0.142. The maximum absolute atomic E-state index is 12.8. The van der Waals surface area contributed by atoms with E-state index in [1.54, 1.807) is 24.3 Å². The van der Waals surface area contributed by atoms with Gasteiger partial charge in [0.1, 0.15) is 6.04 Å². The minimum Gasteiger partial charge on any atom is -0.480 e. The fourth-order valence-electron chi connectivity index (χ4n) is 2.74. The second kappa shape index (κ2) is 9.36. The normalized spacial score (nSPS) is 14.3. The van der Waals surface area contributed by atoms with Gasteiger partial charge in [-0.2, -0.15) is 0 Å². The molecule has 1 amide bonds. The number of halogens is 1. The minimum absolute atomic E-state index is 0.0558. The number of carboxylic acids is 1. The number of rotatable bonds is 8. The molecular weight excluding hydrogens is 354 g/mol. The van der Waals surface area contributed by atoms with Crippen molar-refractivity contribution in [1.29, 1.82) is 0 Å². The van der Waals surface area contributed by atoms with Crippen LogP contribution in [0, 0.1) is 0 Å². The molecule has 0 saturated carbocycles. The molecule has 2 rings (SSSR count). The molecule has 3 unspecified atom stereocenters. The Kier molecular flexibility index (Phi) is 7.18. The number of carbonyl (C=O) groups is 2. The van der Waals surface area contributed by atoms with Gasteiger partial charge in [0.25, 0.3) is 0 Å². The summed E-state index contributed by atoms with van der Waals surface area (Å²) in [5, 5.41) is 21.9. The fraction of sp³-hybridized carbons (Fsp3) is 0.300. The van der Waals surface area contributed by atoms with Crippen LogP contribution in [-0.2, 0) is 16.0 Å². The van der Waals surface area contributed by atoms with E-state index in [0.717, 1.165) is 11.1 Å². The highest BCUT2D eigenvalue weighted by molar-refractivity contribution is 6.30. The molecule has 0 radical (unpaired) electrons. The highest BCUT2D eigenvalue weighted by Gasteiger charge is 2.27. The number of amides is 1. The minimum atomic E-state index is -1.17. The van der Waals surface area contributed by atoms with Crippen molar-refractivity contribution < 1.29 is 19.8 Å². The van der Waals surface area contributed by atoms with Crippen LogP contribution in [-0.4, -0.2) is 34.2 Å². The van der Waals surface area contributed by atoms with Gasteiger partial charge in [-0.1, -0.05) is 54.1 Å². The summed E-state index contributed by atoms with van der Waals surface area (Å²) in [5.41, 5.74) is 1.71. The third-order valence-corrected chi connectivity index (χ3v) is 4.31. The van der Waals surface area contributed by atoms with E-state index in [1.165, 1.54) is 6.92 Å². The van der Waals surface area contributed by atoms with E-state index in [0.29, 0.717) is 11.4 Å². The summed E-state index contributed by atoms with van der Waals surface area (Å²) in [6.07, 6.45) is -0.464. The Morgan fingerprint density at radius 3 is 2.23 bits per heavy atom. The van der Waals surface area contributed by atoms with Gasteiger partial charge in [0.05, 0.1) is 12.0 Å². The molecule has 0 bridgehead atoms. The van der Waals surface area contributed by atoms with Gasteiger partial charge >= 0.3 is 5.97 Å². The molecule has 0 heterocycles. The monoisotopic (exact) mass is 375 g/mol. The molecule has 5 nitrogen and oxygen atoms in total. The second-order valence-electron chi connectivity index (χ2n) is 6.28. The van der Waals surface area contributed by atoms with Crippen LogP contribution in [0.4, 0.5) is 0 Å². The molecule has 0 fully saturated rings. The van der Waals surface area contributed by atoms with Gasteiger partial charge in [-0.25, -0.2) is 4.79 Å². The van der Waals surface area contributed by atoms with Crippen molar-refractivity contribution >= 4 is 23.5 Å². The van der Waals surface area contributed by atoms with Crippen LogP contribution in [0.3, 0.4) is 0 Å². The Balaban J connectivity index is 2.25. The Morgan fingerprint density at radius 1 is 1.08 bits per heavy atom. The van der Waals surface area contributed by atoms with Crippen molar-refractivity contribution in [1.82, 2.24) is 5.32 Å². The zero-order chi connectivity index (χ0) is 19.1.